The molecule has 0 aliphatic carbocycles. The second-order valence-corrected chi connectivity index (χ2v) is 5.38. The summed E-state index contributed by atoms with van der Waals surface area (Å²) in [6.45, 7) is 4.10. The number of hydrogen-bond donors (Lipinski definition) is 1. The first-order valence-corrected chi connectivity index (χ1v) is 6.76. The third-order valence-corrected chi connectivity index (χ3v) is 3.94. The zero-order chi connectivity index (χ0) is 14.3. The number of rotatable bonds is 1. The lowest BCUT2D eigenvalue weighted by Gasteiger charge is -2.30. The zero-order valence-electron chi connectivity index (χ0n) is 11.6. The molecule has 0 saturated carbocycles. The molecule has 2 atom stereocenters. The minimum Gasteiger partial charge on any atom is -0.485 e. The molecule has 2 aromatic rings. The van der Waals surface area contributed by atoms with Crippen LogP contribution in [-0.2, 0) is 0 Å². The molecular weight excluding hydrogens is 255 g/mol. The smallest absolute Gasteiger partial charge is 0.128 e. The number of aliphatic hydroxyl groups is 1. The quantitative estimate of drug-likeness (QED) is 0.850. The van der Waals surface area contributed by atoms with Gasteiger partial charge in [0.25, 0.3) is 0 Å². The molecule has 0 amide bonds. The summed E-state index contributed by atoms with van der Waals surface area (Å²) in [6.07, 6.45) is -0.370. The highest BCUT2D eigenvalue weighted by Crippen LogP contribution is 2.41. The van der Waals surface area contributed by atoms with Crippen LogP contribution >= 0.6 is 0 Å². The van der Waals surface area contributed by atoms with Crippen molar-refractivity contribution in [2.45, 2.75) is 32.5 Å². The van der Waals surface area contributed by atoms with Gasteiger partial charge in [0.2, 0.25) is 0 Å². The van der Waals surface area contributed by atoms with Crippen LogP contribution in [0, 0.1) is 19.7 Å². The Bertz CT molecular complexity index is 651. The summed E-state index contributed by atoms with van der Waals surface area (Å²) >= 11 is 0. The van der Waals surface area contributed by atoms with Crippen molar-refractivity contribution in [2.75, 3.05) is 0 Å². The van der Waals surface area contributed by atoms with Gasteiger partial charge in [-0.05, 0) is 42.7 Å². The summed E-state index contributed by atoms with van der Waals surface area (Å²) in [6, 6.07) is 10.4. The SMILES string of the molecule is Cc1ccc(C2C[C@@H](O)c3ccc(F)cc3O2)cc1C. The topological polar surface area (TPSA) is 29.5 Å². The monoisotopic (exact) mass is 272 g/mol. The summed E-state index contributed by atoms with van der Waals surface area (Å²) in [5, 5.41) is 10.2. The van der Waals surface area contributed by atoms with Gasteiger partial charge in [0.05, 0.1) is 6.10 Å². The number of hydrogen-bond acceptors (Lipinski definition) is 2. The van der Waals surface area contributed by atoms with Crippen molar-refractivity contribution in [1.29, 1.82) is 0 Å². The third kappa shape index (κ3) is 2.29. The number of benzene rings is 2. The fourth-order valence-electron chi connectivity index (χ4n) is 2.59. The Labute approximate surface area is 117 Å². The van der Waals surface area contributed by atoms with E-state index in [9.17, 15) is 9.50 Å². The van der Waals surface area contributed by atoms with Gasteiger partial charge in [-0.25, -0.2) is 4.39 Å². The maximum absolute atomic E-state index is 13.3. The van der Waals surface area contributed by atoms with Gasteiger partial charge in [0, 0.05) is 18.1 Å². The Morgan fingerprint density at radius 2 is 1.90 bits per heavy atom. The first-order valence-electron chi connectivity index (χ1n) is 6.76. The van der Waals surface area contributed by atoms with Gasteiger partial charge in [0.15, 0.2) is 0 Å². The van der Waals surface area contributed by atoms with Crippen LogP contribution in [0.1, 0.15) is 40.9 Å². The van der Waals surface area contributed by atoms with E-state index >= 15 is 0 Å². The molecule has 1 N–H and O–H groups in total. The molecule has 0 fully saturated rings. The van der Waals surface area contributed by atoms with Crippen LogP contribution < -0.4 is 4.74 Å². The molecule has 0 aromatic heterocycles. The average molecular weight is 272 g/mol. The predicted octanol–water partition coefficient (Wildman–Crippen LogP) is 4.00. The molecule has 3 heteroatoms. The van der Waals surface area contributed by atoms with Crippen molar-refractivity contribution in [3.05, 3.63) is 64.5 Å². The molecule has 3 rings (SSSR count). The molecule has 0 saturated heterocycles. The third-order valence-electron chi connectivity index (χ3n) is 3.94. The Morgan fingerprint density at radius 3 is 2.65 bits per heavy atom. The van der Waals surface area contributed by atoms with E-state index in [1.165, 1.54) is 23.3 Å². The Hall–Kier alpha value is -1.87. The molecule has 0 bridgehead atoms. The molecule has 2 aromatic carbocycles. The highest BCUT2D eigenvalue weighted by atomic mass is 19.1. The minimum atomic E-state index is -0.619. The minimum absolute atomic E-state index is 0.237. The van der Waals surface area contributed by atoms with Gasteiger partial charge in [-0.3, -0.25) is 0 Å². The van der Waals surface area contributed by atoms with Gasteiger partial charge in [-0.1, -0.05) is 18.2 Å². The van der Waals surface area contributed by atoms with Crippen molar-refractivity contribution in [3.63, 3.8) is 0 Å². The van der Waals surface area contributed by atoms with E-state index < -0.39 is 6.10 Å². The van der Waals surface area contributed by atoms with Crippen molar-refractivity contribution >= 4 is 0 Å². The van der Waals surface area contributed by atoms with Gasteiger partial charge in [-0.2, -0.15) is 0 Å². The van der Waals surface area contributed by atoms with Crippen molar-refractivity contribution in [2.24, 2.45) is 0 Å². The molecule has 1 aliphatic heterocycles. The number of halogens is 1. The van der Waals surface area contributed by atoms with Crippen molar-refractivity contribution in [3.8, 4) is 5.75 Å². The summed E-state index contributed by atoms with van der Waals surface area (Å²) < 4.78 is 19.2. The number of aliphatic hydroxyl groups excluding tert-OH is 1. The molecular formula is C17H17FO2. The van der Waals surface area contributed by atoms with Crippen molar-refractivity contribution < 1.29 is 14.2 Å². The lowest BCUT2D eigenvalue weighted by atomic mass is 9.93. The highest BCUT2D eigenvalue weighted by molar-refractivity contribution is 5.40. The van der Waals surface area contributed by atoms with E-state index in [1.807, 2.05) is 19.1 Å². The van der Waals surface area contributed by atoms with E-state index in [2.05, 4.69) is 13.0 Å². The summed E-state index contributed by atoms with van der Waals surface area (Å²) in [4.78, 5) is 0. The van der Waals surface area contributed by atoms with E-state index in [0.29, 0.717) is 17.7 Å². The maximum atomic E-state index is 13.3. The normalized spacial score (nSPS) is 21.2. The fraction of sp³-hybridized carbons (Fsp3) is 0.294. The molecule has 0 spiro atoms. The van der Waals surface area contributed by atoms with Crippen LogP contribution in [-0.4, -0.2) is 5.11 Å². The number of ether oxygens (including phenoxy) is 1. The van der Waals surface area contributed by atoms with Crippen LogP contribution in [0.15, 0.2) is 36.4 Å². The Morgan fingerprint density at radius 1 is 1.10 bits per heavy atom. The van der Waals surface area contributed by atoms with Crippen LogP contribution in [0.2, 0.25) is 0 Å². The Balaban J connectivity index is 1.96. The molecule has 1 aliphatic rings. The van der Waals surface area contributed by atoms with Gasteiger partial charge in [0.1, 0.15) is 17.7 Å². The van der Waals surface area contributed by atoms with Gasteiger partial charge in [-0.15, -0.1) is 0 Å². The van der Waals surface area contributed by atoms with E-state index in [4.69, 9.17) is 4.74 Å². The average Bonchev–Trinajstić information content (AvgIpc) is 2.41. The second-order valence-electron chi connectivity index (χ2n) is 5.38. The van der Waals surface area contributed by atoms with Crippen LogP contribution in [0.25, 0.3) is 0 Å². The second kappa shape index (κ2) is 4.91. The summed E-state index contributed by atoms with van der Waals surface area (Å²) in [7, 11) is 0. The summed E-state index contributed by atoms with van der Waals surface area (Å²) in [5.74, 6) is 0.0867. The van der Waals surface area contributed by atoms with E-state index in [-0.39, 0.29) is 11.9 Å². The molecule has 20 heavy (non-hydrogen) atoms. The lowest BCUT2D eigenvalue weighted by molar-refractivity contribution is 0.0653. The number of fused-ring (bicyclic) bond motifs is 1. The summed E-state index contributed by atoms with van der Waals surface area (Å²) in [5.41, 5.74) is 4.08. The van der Waals surface area contributed by atoms with E-state index in [0.717, 1.165) is 5.56 Å². The molecule has 104 valence electrons. The van der Waals surface area contributed by atoms with Gasteiger partial charge < -0.3 is 9.84 Å². The number of aryl methyl sites for hydroxylation is 2. The first kappa shape index (κ1) is 13.1. The zero-order valence-corrected chi connectivity index (χ0v) is 11.6. The Kier molecular flexibility index (Phi) is 3.22. The first-order chi connectivity index (χ1) is 9.54. The largest absolute Gasteiger partial charge is 0.485 e. The molecule has 1 heterocycles. The van der Waals surface area contributed by atoms with Crippen LogP contribution in [0.4, 0.5) is 4.39 Å². The standard InChI is InChI=1S/C17H17FO2/c1-10-3-4-12(7-11(10)2)16-9-15(19)14-6-5-13(18)8-17(14)20-16/h3-8,15-16,19H,9H2,1-2H3/t15-,16?/m1/s1. The molecule has 0 radical (unpaired) electrons. The predicted molar refractivity (Wildman–Crippen MR) is 75.3 cm³/mol. The van der Waals surface area contributed by atoms with Crippen LogP contribution in [0.5, 0.6) is 5.75 Å². The molecule has 2 nitrogen and oxygen atoms in total. The van der Waals surface area contributed by atoms with Crippen molar-refractivity contribution in [1.82, 2.24) is 0 Å². The lowest BCUT2D eigenvalue weighted by Crippen LogP contribution is -2.19. The van der Waals surface area contributed by atoms with Crippen LogP contribution in [0.3, 0.4) is 0 Å². The highest BCUT2D eigenvalue weighted by Gasteiger charge is 2.28. The maximum Gasteiger partial charge on any atom is 0.128 e. The fourth-order valence-corrected chi connectivity index (χ4v) is 2.59. The van der Waals surface area contributed by atoms with Gasteiger partial charge >= 0.3 is 0 Å². The van der Waals surface area contributed by atoms with E-state index in [1.54, 1.807) is 6.07 Å². The molecule has 1 unspecified atom stereocenters.